The van der Waals surface area contributed by atoms with Crippen molar-refractivity contribution in [2.45, 2.75) is 20.1 Å². The average molecular weight is 658 g/mol. The van der Waals surface area contributed by atoms with E-state index < -0.39 is 5.82 Å². The van der Waals surface area contributed by atoms with E-state index in [4.69, 9.17) is 32.7 Å². The predicted octanol–water partition coefficient (Wildman–Crippen LogP) is 7.95. The predicted molar refractivity (Wildman–Crippen MR) is 149 cm³/mol. The first-order chi connectivity index (χ1) is 17.3. The highest BCUT2D eigenvalue weighted by molar-refractivity contribution is 14.1. The van der Waals surface area contributed by atoms with Crippen LogP contribution < -0.4 is 9.47 Å². The zero-order chi connectivity index (χ0) is 25.8. The van der Waals surface area contributed by atoms with Crippen LogP contribution in [0.1, 0.15) is 23.6 Å². The quantitative estimate of drug-likeness (QED) is 0.182. The van der Waals surface area contributed by atoms with Crippen molar-refractivity contribution < 1.29 is 23.5 Å². The third-order valence-corrected chi connectivity index (χ3v) is 7.45. The number of benzene rings is 3. The zero-order valence-electron chi connectivity index (χ0n) is 18.9. The lowest BCUT2D eigenvalue weighted by molar-refractivity contribution is -0.123. The second kappa shape index (κ2) is 11.9. The number of ether oxygens (including phenoxy) is 2. The van der Waals surface area contributed by atoms with Gasteiger partial charge in [0.15, 0.2) is 11.5 Å². The van der Waals surface area contributed by atoms with E-state index in [2.05, 4.69) is 22.6 Å². The van der Waals surface area contributed by atoms with Gasteiger partial charge in [-0.2, -0.15) is 0 Å². The lowest BCUT2D eigenvalue weighted by atomic mass is 10.1. The first-order valence-electron chi connectivity index (χ1n) is 10.8. The Morgan fingerprint density at radius 1 is 1.08 bits per heavy atom. The van der Waals surface area contributed by atoms with Gasteiger partial charge in [0.2, 0.25) is 0 Å². The number of halogens is 4. The number of hydrogen-bond acceptors (Lipinski definition) is 5. The first kappa shape index (κ1) is 26.8. The lowest BCUT2D eigenvalue weighted by Gasteiger charge is -2.16. The van der Waals surface area contributed by atoms with E-state index >= 15 is 0 Å². The molecule has 3 aromatic rings. The van der Waals surface area contributed by atoms with E-state index in [1.807, 2.05) is 13.0 Å². The Balaban J connectivity index is 1.57. The topological polar surface area (TPSA) is 55.8 Å². The molecular weight excluding hydrogens is 639 g/mol. The van der Waals surface area contributed by atoms with Gasteiger partial charge in [-0.15, -0.1) is 0 Å². The molecule has 1 fully saturated rings. The third-order valence-electron chi connectivity index (χ3n) is 5.16. The minimum absolute atomic E-state index is 0.0800. The van der Waals surface area contributed by atoms with Crippen LogP contribution in [0.3, 0.4) is 0 Å². The van der Waals surface area contributed by atoms with Crippen LogP contribution >= 0.6 is 57.6 Å². The molecule has 1 saturated heterocycles. The number of nitrogens with zero attached hydrogens (tertiary/aromatic N) is 1. The molecule has 1 aliphatic heterocycles. The van der Waals surface area contributed by atoms with Crippen LogP contribution in [0.15, 0.2) is 59.5 Å². The second-order valence-corrected chi connectivity index (χ2v) is 10.6. The number of thioether (sulfide) groups is 1. The minimum Gasteiger partial charge on any atom is -0.490 e. The summed E-state index contributed by atoms with van der Waals surface area (Å²) in [5.74, 6) is 0.0253. The van der Waals surface area contributed by atoms with Crippen LogP contribution in [0.25, 0.3) is 6.08 Å². The smallest absolute Gasteiger partial charge is 0.293 e. The largest absolute Gasteiger partial charge is 0.490 e. The summed E-state index contributed by atoms with van der Waals surface area (Å²) < 4.78 is 26.5. The molecule has 1 heterocycles. The van der Waals surface area contributed by atoms with Crippen LogP contribution in [-0.4, -0.2) is 22.7 Å². The van der Waals surface area contributed by atoms with Crippen molar-refractivity contribution in [2.24, 2.45) is 0 Å². The summed E-state index contributed by atoms with van der Waals surface area (Å²) in [6, 6.07) is 15.0. The SMILES string of the molecule is CCOc1cc(/C=C2\SC(=O)N(Cc3cccc(Cl)c3)C2=O)cc(I)c1OCc1c(F)cccc1Cl. The van der Waals surface area contributed by atoms with E-state index in [-0.39, 0.29) is 34.9 Å². The molecule has 1 aliphatic rings. The molecular formula is C26H19Cl2FINO4S. The Morgan fingerprint density at radius 2 is 1.86 bits per heavy atom. The fourth-order valence-corrected chi connectivity index (χ4v) is 5.54. The van der Waals surface area contributed by atoms with Crippen molar-refractivity contribution in [1.82, 2.24) is 4.90 Å². The number of rotatable bonds is 8. The van der Waals surface area contributed by atoms with Crippen molar-refractivity contribution in [1.29, 1.82) is 0 Å². The van der Waals surface area contributed by atoms with Gasteiger partial charge in [0.25, 0.3) is 11.1 Å². The molecule has 0 aliphatic carbocycles. The second-order valence-electron chi connectivity index (χ2n) is 7.65. The molecule has 3 aromatic carbocycles. The normalized spacial score (nSPS) is 14.6. The van der Waals surface area contributed by atoms with Gasteiger partial charge >= 0.3 is 0 Å². The highest BCUT2D eigenvalue weighted by Gasteiger charge is 2.35. The number of imide groups is 1. The maximum Gasteiger partial charge on any atom is 0.293 e. The molecule has 10 heteroatoms. The summed E-state index contributed by atoms with van der Waals surface area (Å²) in [6.07, 6.45) is 1.64. The van der Waals surface area contributed by atoms with Gasteiger partial charge in [-0.1, -0.05) is 41.4 Å². The van der Waals surface area contributed by atoms with E-state index in [0.29, 0.717) is 37.2 Å². The summed E-state index contributed by atoms with van der Waals surface area (Å²) in [4.78, 5) is 27.0. The molecule has 0 N–H and O–H groups in total. The van der Waals surface area contributed by atoms with Gasteiger partial charge in [0.05, 0.1) is 26.6 Å². The van der Waals surface area contributed by atoms with Crippen LogP contribution in [0, 0.1) is 9.39 Å². The summed E-state index contributed by atoms with van der Waals surface area (Å²) >= 11 is 15.1. The van der Waals surface area contributed by atoms with E-state index in [0.717, 1.165) is 17.3 Å². The van der Waals surface area contributed by atoms with Crippen molar-refractivity contribution in [3.8, 4) is 11.5 Å². The summed E-state index contributed by atoms with van der Waals surface area (Å²) in [6.45, 7) is 2.25. The molecule has 0 saturated carbocycles. The molecule has 4 rings (SSSR count). The van der Waals surface area contributed by atoms with Crippen LogP contribution in [0.4, 0.5) is 9.18 Å². The van der Waals surface area contributed by atoms with Gasteiger partial charge in [0, 0.05) is 10.6 Å². The fraction of sp³-hybridized carbons (Fsp3) is 0.154. The highest BCUT2D eigenvalue weighted by Crippen LogP contribution is 2.38. The van der Waals surface area contributed by atoms with Gasteiger partial charge < -0.3 is 9.47 Å². The molecule has 0 aromatic heterocycles. The monoisotopic (exact) mass is 657 g/mol. The summed E-state index contributed by atoms with van der Waals surface area (Å²) in [5, 5.41) is 0.452. The fourth-order valence-electron chi connectivity index (χ4n) is 3.49. The molecule has 0 radical (unpaired) electrons. The van der Waals surface area contributed by atoms with Gasteiger partial charge in [-0.3, -0.25) is 14.5 Å². The Hall–Kier alpha value is -2.27. The third kappa shape index (κ3) is 6.16. The number of carbonyl (C=O) groups is 2. The van der Waals surface area contributed by atoms with E-state index in [9.17, 15) is 14.0 Å². The van der Waals surface area contributed by atoms with Crippen LogP contribution in [-0.2, 0) is 17.9 Å². The van der Waals surface area contributed by atoms with Crippen LogP contribution in [0.5, 0.6) is 11.5 Å². The minimum atomic E-state index is -0.458. The Kier molecular flexibility index (Phi) is 8.82. The summed E-state index contributed by atoms with van der Waals surface area (Å²) in [5.41, 5.74) is 1.66. The van der Waals surface area contributed by atoms with Crippen molar-refractivity contribution >= 4 is 74.8 Å². The molecule has 0 atom stereocenters. The molecule has 36 heavy (non-hydrogen) atoms. The van der Waals surface area contributed by atoms with Crippen molar-refractivity contribution in [2.75, 3.05) is 6.61 Å². The van der Waals surface area contributed by atoms with Gasteiger partial charge in [-0.25, -0.2) is 4.39 Å². The van der Waals surface area contributed by atoms with E-state index in [1.54, 1.807) is 42.5 Å². The Morgan fingerprint density at radius 3 is 2.58 bits per heavy atom. The van der Waals surface area contributed by atoms with Gasteiger partial charge in [0.1, 0.15) is 12.4 Å². The van der Waals surface area contributed by atoms with Crippen LogP contribution in [0.2, 0.25) is 10.0 Å². The lowest BCUT2D eigenvalue weighted by Crippen LogP contribution is -2.27. The number of hydrogen-bond donors (Lipinski definition) is 0. The summed E-state index contributed by atoms with van der Waals surface area (Å²) in [7, 11) is 0. The zero-order valence-corrected chi connectivity index (χ0v) is 23.4. The molecule has 2 amide bonds. The molecule has 5 nitrogen and oxygen atoms in total. The Labute approximate surface area is 235 Å². The average Bonchev–Trinajstić information content (AvgIpc) is 3.07. The Bertz CT molecular complexity index is 1350. The standard InChI is InChI=1S/C26H19Cl2FINO4S/c1-2-34-22-11-16(10-21(30)24(22)35-14-18-19(28)7-4-8-20(18)29)12-23-25(32)31(26(33)36-23)13-15-5-3-6-17(27)9-15/h3-12H,2,13-14H2,1H3/b23-12-. The molecule has 0 bridgehead atoms. The van der Waals surface area contributed by atoms with Gasteiger partial charge in [-0.05, 0) is 94.9 Å². The van der Waals surface area contributed by atoms with Crippen molar-refractivity contribution in [3.63, 3.8) is 0 Å². The maximum absolute atomic E-state index is 14.2. The number of carbonyl (C=O) groups excluding carboxylic acids is 2. The number of amides is 2. The maximum atomic E-state index is 14.2. The molecule has 186 valence electrons. The molecule has 0 spiro atoms. The highest BCUT2D eigenvalue weighted by atomic mass is 127. The first-order valence-corrected chi connectivity index (χ1v) is 13.4. The molecule has 0 unspecified atom stereocenters. The van der Waals surface area contributed by atoms with E-state index in [1.165, 1.54) is 17.0 Å². The van der Waals surface area contributed by atoms with Crippen molar-refractivity contribution in [3.05, 3.63) is 95.6 Å².